The van der Waals surface area contributed by atoms with Gasteiger partial charge in [0.15, 0.2) is 0 Å². The highest BCUT2D eigenvalue weighted by Crippen LogP contribution is 2.42. The van der Waals surface area contributed by atoms with Crippen molar-refractivity contribution in [2.75, 3.05) is 4.90 Å². The molecule has 1 aliphatic rings. The van der Waals surface area contributed by atoms with Gasteiger partial charge in [0.05, 0.1) is 0 Å². The Morgan fingerprint density at radius 3 is 1.94 bits per heavy atom. The van der Waals surface area contributed by atoms with Crippen molar-refractivity contribution in [1.82, 2.24) is 0 Å². The molecular weight excluding hydrogens is 394 g/mol. The Kier molecular flexibility index (Phi) is 5.90. The van der Waals surface area contributed by atoms with Gasteiger partial charge in [-0.15, -0.1) is 11.3 Å². The highest BCUT2D eigenvalue weighted by atomic mass is 32.1. The molecule has 0 aliphatic heterocycles. The molecule has 1 fully saturated rings. The Morgan fingerprint density at radius 2 is 1.26 bits per heavy atom. The first kappa shape index (κ1) is 20.1. The normalized spacial score (nSPS) is 18.6. The zero-order chi connectivity index (χ0) is 21.0. The lowest BCUT2D eigenvalue weighted by Crippen LogP contribution is -2.34. The third-order valence-corrected chi connectivity index (χ3v) is 7.79. The van der Waals surface area contributed by atoms with Crippen LogP contribution < -0.4 is 4.90 Å². The van der Waals surface area contributed by atoms with Crippen LogP contribution in [-0.2, 0) is 0 Å². The Labute approximate surface area is 190 Å². The fourth-order valence-electron chi connectivity index (χ4n) is 4.81. The first-order valence-corrected chi connectivity index (χ1v) is 12.2. The molecular formula is C29H29NS. The summed E-state index contributed by atoms with van der Waals surface area (Å²) in [6, 6.07) is 35.9. The Balaban J connectivity index is 1.33. The average Bonchev–Trinajstić information content (AvgIpc) is 3.33. The van der Waals surface area contributed by atoms with Crippen molar-refractivity contribution in [2.24, 2.45) is 0 Å². The summed E-state index contributed by atoms with van der Waals surface area (Å²) in [5.41, 5.74) is 5.26. The van der Waals surface area contributed by atoms with E-state index in [0.29, 0.717) is 12.0 Å². The molecule has 0 saturated heterocycles. The van der Waals surface area contributed by atoms with Crippen molar-refractivity contribution in [2.45, 2.75) is 44.6 Å². The van der Waals surface area contributed by atoms with E-state index in [1.165, 1.54) is 53.1 Å². The van der Waals surface area contributed by atoms with Crippen LogP contribution in [0.3, 0.4) is 0 Å². The summed E-state index contributed by atoms with van der Waals surface area (Å²) in [5, 5.41) is 0. The monoisotopic (exact) mass is 423 g/mol. The van der Waals surface area contributed by atoms with Gasteiger partial charge in [-0.25, -0.2) is 0 Å². The maximum atomic E-state index is 2.57. The molecule has 1 aliphatic carbocycles. The van der Waals surface area contributed by atoms with Gasteiger partial charge >= 0.3 is 0 Å². The van der Waals surface area contributed by atoms with Crippen molar-refractivity contribution < 1.29 is 0 Å². The predicted octanol–water partition coefficient (Wildman–Crippen LogP) is 8.59. The zero-order valence-electron chi connectivity index (χ0n) is 18.1. The maximum absolute atomic E-state index is 2.57. The Bertz CT molecular complexity index is 1090. The van der Waals surface area contributed by atoms with Crippen LogP contribution >= 0.6 is 11.3 Å². The van der Waals surface area contributed by atoms with Gasteiger partial charge in [-0.1, -0.05) is 66.2 Å². The average molecular weight is 424 g/mol. The van der Waals surface area contributed by atoms with Gasteiger partial charge in [-0.2, -0.15) is 0 Å². The van der Waals surface area contributed by atoms with Gasteiger partial charge in [0.2, 0.25) is 0 Å². The van der Waals surface area contributed by atoms with Gasteiger partial charge < -0.3 is 4.90 Å². The minimum atomic E-state index is 0.551. The van der Waals surface area contributed by atoms with E-state index in [-0.39, 0.29) is 0 Å². The fourth-order valence-corrected chi connectivity index (χ4v) is 6.00. The molecule has 5 rings (SSSR count). The molecule has 1 nitrogen and oxygen atoms in total. The molecule has 0 radical (unpaired) electrons. The maximum Gasteiger partial charge on any atom is 0.0413 e. The molecule has 0 spiro atoms. The molecule has 3 aromatic carbocycles. The number of para-hydroxylation sites is 1. The highest BCUT2D eigenvalue weighted by Gasteiger charge is 2.28. The lowest BCUT2D eigenvalue weighted by molar-refractivity contribution is 0.395. The van der Waals surface area contributed by atoms with E-state index in [1.807, 2.05) is 11.3 Å². The molecule has 4 aromatic rings. The van der Waals surface area contributed by atoms with E-state index in [4.69, 9.17) is 0 Å². The van der Waals surface area contributed by atoms with Crippen LogP contribution in [0.2, 0.25) is 0 Å². The van der Waals surface area contributed by atoms with Gasteiger partial charge in [0, 0.05) is 27.2 Å². The summed E-state index contributed by atoms with van der Waals surface area (Å²) < 4.78 is 0. The lowest BCUT2D eigenvalue weighted by Gasteiger charge is -2.38. The van der Waals surface area contributed by atoms with Crippen LogP contribution in [0.25, 0.3) is 10.4 Å². The predicted molar refractivity (Wildman–Crippen MR) is 135 cm³/mol. The van der Waals surface area contributed by atoms with Crippen LogP contribution in [0.5, 0.6) is 0 Å². The quantitative estimate of drug-likeness (QED) is 0.311. The second kappa shape index (κ2) is 9.11. The third kappa shape index (κ3) is 4.45. The first-order chi connectivity index (χ1) is 15.3. The smallest absolute Gasteiger partial charge is 0.0413 e. The fraction of sp³-hybridized carbons (Fsp3) is 0.241. The van der Waals surface area contributed by atoms with Crippen LogP contribution in [0.1, 0.15) is 42.0 Å². The van der Waals surface area contributed by atoms with Crippen LogP contribution in [0, 0.1) is 6.92 Å². The van der Waals surface area contributed by atoms with Gasteiger partial charge in [0.1, 0.15) is 0 Å². The van der Waals surface area contributed by atoms with E-state index in [9.17, 15) is 0 Å². The van der Waals surface area contributed by atoms with E-state index in [2.05, 4.69) is 109 Å². The molecule has 156 valence electrons. The third-order valence-electron chi connectivity index (χ3n) is 6.50. The van der Waals surface area contributed by atoms with E-state index < -0.39 is 0 Å². The number of rotatable bonds is 5. The summed E-state index contributed by atoms with van der Waals surface area (Å²) in [4.78, 5) is 5.52. The van der Waals surface area contributed by atoms with Crippen LogP contribution in [-0.4, -0.2) is 6.04 Å². The number of aryl methyl sites for hydroxylation is 1. The van der Waals surface area contributed by atoms with Gasteiger partial charge in [-0.05, 0) is 80.5 Å². The number of anilines is 2. The SMILES string of the molecule is Cc1ccc(N(c2ccccc2)C2CCC(c3ccc(-c4ccccc4)s3)CC2)cc1. The van der Waals surface area contributed by atoms with Crippen molar-refractivity contribution >= 4 is 22.7 Å². The Morgan fingerprint density at radius 1 is 0.645 bits per heavy atom. The second-order valence-corrected chi connectivity index (χ2v) is 9.73. The van der Waals surface area contributed by atoms with Crippen molar-refractivity contribution in [3.05, 3.63) is 108 Å². The van der Waals surface area contributed by atoms with Crippen molar-refractivity contribution in [1.29, 1.82) is 0 Å². The minimum Gasteiger partial charge on any atom is -0.338 e. The van der Waals surface area contributed by atoms with E-state index >= 15 is 0 Å². The van der Waals surface area contributed by atoms with Crippen molar-refractivity contribution in [3.63, 3.8) is 0 Å². The number of hydrogen-bond acceptors (Lipinski definition) is 2. The number of hydrogen-bond donors (Lipinski definition) is 0. The summed E-state index contributed by atoms with van der Waals surface area (Å²) in [6.07, 6.45) is 4.97. The summed E-state index contributed by atoms with van der Waals surface area (Å²) in [5.74, 6) is 0.689. The summed E-state index contributed by atoms with van der Waals surface area (Å²) in [6.45, 7) is 2.16. The second-order valence-electron chi connectivity index (χ2n) is 8.61. The summed E-state index contributed by atoms with van der Waals surface area (Å²) in [7, 11) is 0. The summed E-state index contributed by atoms with van der Waals surface area (Å²) >= 11 is 1.98. The van der Waals surface area contributed by atoms with E-state index in [1.54, 1.807) is 4.88 Å². The molecule has 0 unspecified atom stereocenters. The molecule has 0 N–H and O–H groups in total. The minimum absolute atomic E-state index is 0.551. The molecule has 2 heteroatoms. The van der Waals surface area contributed by atoms with Gasteiger partial charge in [-0.3, -0.25) is 0 Å². The highest BCUT2D eigenvalue weighted by molar-refractivity contribution is 7.15. The largest absolute Gasteiger partial charge is 0.338 e. The Hall–Kier alpha value is -2.84. The molecule has 0 amide bonds. The molecule has 0 bridgehead atoms. The molecule has 0 atom stereocenters. The van der Waals surface area contributed by atoms with Crippen LogP contribution in [0.4, 0.5) is 11.4 Å². The molecule has 31 heavy (non-hydrogen) atoms. The van der Waals surface area contributed by atoms with Gasteiger partial charge in [0.25, 0.3) is 0 Å². The number of thiophene rings is 1. The van der Waals surface area contributed by atoms with E-state index in [0.717, 1.165) is 0 Å². The van der Waals surface area contributed by atoms with Crippen LogP contribution in [0.15, 0.2) is 97.1 Å². The van der Waals surface area contributed by atoms with Crippen molar-refractivity contribution in [3.8, 4) is 10.4 Å². The molecule has 1 saturated carbocycles. The molecule has 1 aromatic heterocycles. The standard InChI is InChI=1S/C29H29NS/c1-22-12-16-26(17-13-22)30(25-10-6-3-7-11-25)27-18-14-24(15-19-27)29-21-20-28(31-29)23-8-4-2-5-9-23/h2-13,16-17,20-21,24,27H,14-15,18-19H2,1H3. The lowest BCUT2D eigenvalue weighted by atomic mass is 9.84. The first-order valence-electron chi connectivity index (χ1n) is 11.3. The number of nitrogens with zero attached hydrogens (tertiary/aromatic N) is 1. The molecule has 1 heterocycles. The zero-order valence-corrected chi connectivity index (χ0v) is 18.9. The number of benzene rings is 3. The topological polar surface area (TPSA) is 3.24 Å².